The van der Waals surface area contributed by atoms with Gasteiger partial charge in [-0.25, -0.2) is 4.39 Å². The molecular weight excluding hydrogens is 245 g/mol. The van der Waals surface area contributed by atoms with Crippen molar-refractivity contribution < 1.29 is 14.1 Å². The summed E-state index contributed by atoms with van der Waals surface area (Å²) in [6, 6.07) is 3.25. The summed E-state index contributed by atoms with van der Waals surface area (Å²) >= 11 is 1.08. The summed E-state index contributed by atoms with van der Waals surface area (Å²) in [5.74, 6) is -0.127. The Balaban J connectivity index is 2.85. The number of nitro benzene ring substituents is 1. The van der Waals surface area contributed by atoms with Gasteiger partial charge in [0.1, 0.15) is 5.82 Å². The lowest BCUT2D eigenvalue weighted by Gasteiger charge is -1.97. The maximum atomic E-state index is 12.9. The molecule has 1 aromatic rings. The van der Waals surface area contributed by atoms with Gasteiger partial charge in [-0.3, -0.25) is 14.9 Å². The standard InChI is InChI=1S/C11H10FNO3S/c1-8(14)17-6-2-3-9-7-10(12)4-5-11(9)13(15)16/h2-5,7H,6H2,1H3. The van der Waals surface area contributed by atoms with E-state index in [2.05, 4.69) is 0 Å². The highest BCUT2D eigenvalue weighted by atomic mass is 32.2. The van der Waals surface area contributed by atoms with Crippen LogP contribution in [-0.4, -0.2) is 15.8 Å². The van der Waals surface area contributed by atoms with E-state index >= 15 is 0 Å². The van der Waals surface area contributed by atoms with E-state index in [1.807, 2.05) is 0 Å². The number of nitrogens with zero attached hydrogens (tertiary/aromatic N) is 1. The minimum absolute atomic E-state index is 0.0385. The number of nitro groups is 1. The van der Waals surface area contributed by atoms with E-state index in [9.17, 15) is 19.3 Å². The fourth-order valence-electron chi connectivity index (χ4n) is 1.17. The van der Waals surface area contributed by atoms with Gasteiger partial charge >= 0.3 is 0 Å². The third kappa shape index (κ3) is 4.36. The fourth-order valence-corrected chi connectivity index (χ4v) is 1.59. The van der Waals surface area contributed by atoms with Gasteiger partial charge in [0.25, 0.3) is 5.69 Å². The van der Waals surface area contributed by atoms with Gasteiger partial charge in [0.2, 0.25) is 0 Å². The van der Waals surface area contributed by atoms with Crippen molar-refractivity contribution in [3.05, 3.63) is 45.8 Å². The zero-order valence-electron chi connectivity index (χ0n) is 9.05. The summed E-state index contributed by atoms with van der Waals surface area (Å²) in [5.41, 5.74) is 0.0367. The van der Waals surface area contributed by atoms with Crippen molar-refractivity contribution in [2.75, 3.05) is 5.75 Å². The van der Waals surface area contributed by atoms with Crippen molar-refractivity contribution in [2.45, 2.75) is 6.92 Å². The van der Waals surface area contributed by atoms with Crippen LogP contribution in [0.4, 0.5) is 10.1 Å². The van der Waals surface area contributed by atoms with Crippen molar-refractivity contribution >= 4 is 28.6 Å². The summed E-state index contributed by atoms with van der Waals surface area (Å²) in [4.78, 5) is 20.7. The lowest BCUT2D eigenvalue weighted by molar-refractivity contribution is -0.385. The van der Waals surface area contributed by atoms with Crippen molar-refractivity contribution in [1.29, 1.82) is 0 Å². The molecule has 0 aromatic heterocycles. The van der Waals surface area contributed by atoms with Gasteiger partial charge in [-0.15, -0.1) is 0 Å². The van der Waals surface area contributed by atoms with E-state index in [-0.39, 0.29) is 16.4 Å². The molecule has 6 heteroatoms. The first-order valence-corrected chi connectivity index (χ1v) is 5.73. The second-order valence-corrected chi connectivity index (χ2v) is 4.36. The monoisotopic (exact) mass is 255 g/mol. The number of hydrogen-bond acceptors (Lipinski definition) is 4. The minimum atomic E-state index is -0.572. The number of benzene rings is 1. The summed E-state index contributed by atoms with van der Waals surface area (Å²) in [5, 5.41) is 10.6. The number of hydrogen-bond donors (Lipinski definition) is 0. The molecular formula is C11H10FNO3S. The van der Waals surface area contributed by atoms with Crippen LogP contribution >= 0.6 is 11.8 Å². The van der Waals surface area contributed by atoms with E-state index in [1.54, 1.807) is 6.08 Å². The van der Waals surface area contributed by atoms with E-state index in [1.165, 1.54) is 13.0 Å². The molecule has 0 unspecified atom stereocenters. The number of halogens is 1. The Hall–Kier alpha value is -1.69. The molecule has 0 aliphatic rings. The minimum Gasteiger partial charge on any atom is -0.288 e. The molecule has 0 aliphatic heterocycles. The predicted molar refractivity (Wildman–Crippen MR) is 65.2 cm³/mol. The highest BCUT2D eigenvalue weighted by Gasteiger charge is 2.11. The second kappa shape index (κ2) is 6.15. The van der Waals surface area contributed by atoms with Crippen LogP contribution in [0.3, 0.4) is 0 Å². The van der Waals surface area contributed by atoms with Crippen LogP contribution < -0.4 is 0 Å². The number of carbonyl (C=O) groups is 1. The fraction of sp³-hybridized carbons (Fsp3) is 0.182. The molecule has 0 amide bonds. The van der Waals surface area contributed by atoms with Gasteiger partial charge in [-0.05, 0) is 12.1 Å². The maximum absolute atomic E-state index is 12.9. The first-order valence-electron chi connectivity index (χ1n) is 4.74. The molecule has 1 aromatic carbocycles. The van der Waals surface area contributed by atoms with Crippen molar-refractivity contribution in [2.24, 2.45) is 0 Å². The molecule has 0 radical (unpaired) electrons. The topological polar surface area (TPSA) is 60.2 Å². The molecule has 0 bridgehead atoms. The molecule has 0 aliphatic carbocycles. The van der Waals surface area contributed by atoms with Crippen LogP contribution in [0.15, 0.2) is 24.3 Å². The number of thioether (sulfide) groups is 1. The van der Waals surface area contributed by atoms with Crippen LogP contribution in [0.5, 0.6) is 0 Å². The Morgan fingerprint density at radius 2 is 2.29 bits per heavy atom. The van der Waals surface area contributed by atoms with E-state index in [4.69, 9.17) is 0 Å². The van der Waals surface area contributed by atoms with Gasteiger partial charge in [-0.2, -0.15) is 0 Å². The maximum Gasteiger partial charge on any atom is 0.276 e. The molecule has 0 heterocycles. The van der Waals surface area contributed by atoms with Crippen LogP contribution in [0.25, 0.3) is 6.08 Å². The van der Waals surface area contributed by atoms with Gasteiger partial charge in [0.15, 0.2) is 5.12 Å². The molecule has 0 saturated heterocycles. The predicted octanol–water partition coefficient (Wildman–Crippen LogP) is 3.03. The number of carbonyl (C=O) groups excluding carboxylic acids is 1. The number of rotatable bonds is 4. The molecule has 4 nitrogen and oxygen atoms in total. The zero-order valence-corrected chi connectivity index (χ0v) is 9.87. The third-order valence-electron chi connectivity index (χ3n) is 1.87. The van der Waals surface area contributed by atoms with E-state index < -0.39 is 10.7 Å². The first-order chi connectivity index (χ1) is 8.00. The molecule has 0 saturated carbocycles. The molecule has 0 N–H and O–H groups in total. The largest absolute Gasteiger partial charge is 0.288 e. The highest BCUT2D eigenvalue weighted by Crippen LogP contribution is 2.21. The summed E-state index contributed by atoms with van der Waals surface area (Å²) in [6.07, 6.45) is 3.03. The normalized spacial score (nSPS) is 10.7. The van der Waals surface area contributed by atoms with Crippen LogP contribution in [0.1, 0.15) is 12.5 Å². The summed E-state index contributed by atoms with van der Waals surface area (Å²) in [6.45, 7) is 1.43. The van der Waals surface area contributed by atoms with Crippen molar-refractivity contribution in [3.63, 3.8) is 0 Å². The van der Waals surface area contributed by atoms with Crippen molar-refractivity contribution in [1.82, 2.24) is 0 Å². The van der Waals surface area contributed by atoms with Crippen LogP contribution in [-0.2, 0) is 4.79 Å². The smallest absolute Gasteiger partial charge is 0.276 e. The van der Waals surface area contributed by atoms with Gasteiger partial charge in [-0.1, -0.05) is 23.9 Å². The Morgan fingerprint density at radius 3 is 2.88 bits per heavy atom. The van der Waals surface area contributed by atoms with Gasteiger partial charge < -0.3 is 0 Å². The van der Waals surface area contributed by atoms with Gasteiger partial charge in [0, 0.05) is 18.7 Å². The quantitative estimate of drug-likeness (QED) is 0.613. The Morgan fingerprint density at radius 1 is 1.59 bits per heavy atom. The third-order valence-corrected chi connectivity index (χ3v) is 2.63. The molecule has 0 fully saturated rings. The zero-order chi connectivity index (χ0) is 12.8. The first kappa shape index (κ1) is 13.4. The van der Waals surface area contributed by atoms with Gasteiger partial charge in [0.05, 0.1) is 10.5 Å². The average Bonchev–Trinajstić information content (AvgIpc) is 2.23. The highest BCUT2D eigenvalue weighted by molar-refractivity contribution is 8.13. The van der Waals surface area contributed by atoms with E-state index in [0.29, 0.717) is 5.75 Å². The lowest BCUT2D eigenvalue weighted by atomic mass is 10.1. The molecule has 1 rings (SSSR count). The molecule has 0 atom stereocenters. The molecule has 0 spiro atoms. The summed E-state index contributed by atoms with van der Waals surface area (Å²) in [7, 11) is 0. The molecule has 90 valence electrons. The SMILES string of the molecule is CC(=O)SCC=Cc1cc(F)ccc1[N+](=O)[O-]. The Kier molecular flexibility index (Phi) is 4.84. The Labute approximate surface area is 102 Å². The van der Waals surface area contributed by atoms with Crippen LogP contribution in [0.2, 0.25) is 0 Å². The molecule has 17 heavy (non-hydrogen) atoms. The van der Waals surface area contributed by atoms with Crippen LogP contribution in [0, 0.1) is 15.9 Å². The summed E-state index contributed by atoms with van der Waals surface area (Å²) < 4.78 is 12.9. The second-order valence-electron chi connectivity index (χ2n) is 3.17. The van der Waals surface area contributed by atoms with E-state index in [0.717, 1.165) is 30.0 Å². The average molecular weight is 255 g/mol. The Bertz CT molecular complexity index is 474. The van der Waals surface area contributed by atoms with Crippen molar-refractivity contribution in [3.8, 4) is 0 Å². The lowest BCUT2D eigenvalue weighted by Crippen LogP contribution is -1.92.